The number of carbonyl (C=O) groups excluding carboxylic acids is 2. The Hall–Kier alpha value is -2.58. The van der Waals surface area contributed by atoms with Crippen molar-refractivity contribution < 1.29 is 27.9 Å². The van der Waals surface area contributed by atoms with E-state index in [4.69, 9.17) is 11.6 Å². The molecular formula is C27H32ClF3N2O3. The minimum Gasteiger partial charge on any atom is -0.369 e. The van der Waals surface area contributed by atoms with Crippen molar-refractivity contribution in [1.29, 1.82) is 0 Å². The van der Waals surface area contributed by atoms with Crippen LogP contribution >= 0.6 is 11.6 Å². The molecule has 0 saturated carbocycles. The summed E-state index contributed by atoms with van der Waals surface area (Å²) >= 11 is 6.27. The van der Waals surface area contributed by atoms with Gasteiger partial charge in [-0.3, -0.25) is 9.59 Å². The lowest BCUT2D eigenvalue weighted by molar-refractivity contribution is -0.262. The fourth-order valence-corrected chi connectivity index (χ4v) is 4.92. The van der Waals surface area contributed by atoms with Crippen molar-refractivity contribution in [2.75, 3.05) is 27.2 Å². The minimum atomic E-state index is -5.12. The second-order valence-corrected chi connectivity index (χ2v) is 9.98. The number of hydrogen-bond acceptors (Lipinski definition) is 3. The highest BCUT2D eigenvalue weighted by molar-refractivity contribution is 6.33. The van der Waals surface area contributed by atoms with Crippen LogP contribution in [0.1, 0.15) is 53.6 Å². The first-order valence-corrected chi connectivity index (χ1v) is 12.5. The number of likely N-dealkylation sites (tertiary alicyclic amines) is 1. The number of rotatable bonds is 8. The Morgan fingerprint density at radius 2 is 1.69 bits per heavy atom. The first-order chi connectivity index (χ1) is 16.9. The largest absolute Gasteiger partial charge is 0.430 e. The van der Waals surface area contributed by atoms with Crippen molar-refractivity contribution in [2.24, 2.45) is 5.92 Å². The van der Waals surface area contributed by atoms with Crippen molar-refractivity contribution in [1.82, 2.24) is 9.80 Å². The van der Waals surface area contributed by atoms with Crippen LogP contribution in [0.4, 0.5) is 13.2 Å². The number of alkyl halides is 3. The summed E-state index contributed by atoms with van der Waals surface area (Å²) in [4.78, 5) is 27.6. The summed E-state index contributed by atoms with van der Waals surface area (Å²) in [7, 11) is 3.35. The molecule has 5 nitrogen and oxygen atoms in total. The molecule has 2 aromatic rings. The van der Waals surface area contributed by atoms with Gasteiger partial charge in [-0.2, -0.15) is 13.2 Å². The molecule has 0 radical (unpaired) electrons. The van der Waals surface area contributed by atoms with Crippen molar-refractivity contribution in [3.8, 4) is 0 Å². The molecule has 196 valence electrons. The van der Waals surface area contributed by atoms with E-state index in [0.29, 0.717) is 29.3 Å². The maximum absolute atomic E-state index is 13.8. The zero-order valence-electron chi connectivity index (χ0n) is 20.5. The van der Waals surface area contributed by atoms with Crippen LogP contribution in [-0.2, 0) is 16.8 Å². The molecule has 1 N–H and O–H groups in total. The summed E-state index contributed by atoms with van der Waals surface area (Å²) in [6.07, 6.45) is -0.353. The average Bonchev–Trinajstić information content (AvgIpc) is 2.85. The number of aliphatic hydroxyl groups is 1. The molecule has 2 amide bonds. The highest BCUT2D eigenvalue weighted by Gasteiger charge is 2.62. The number of hydrogen-bond donors (Lipinski definition) is 1. The van der Waals surface area contributed by atoms with Gasteiger partial charge < -0.3 is 14.9 Å². The van der Waals surface area contributed by atoms with Crippen LogP contribution < -0.4 is 0 Å². The number of unbranched alkanes of at least 4 members (excludes halogenated alkanes) is 1. The molecule has 1 aliphatic heterocycles. The third kappa shape index (κ3) is 6.21. The van der Waals surface area contributed by atoms with Crippen LogP contribution in [0.3, 0.4) is 0 Å². The quantitative estimate of drug-likeness (QED) is 0.468. The van der Waals surface area contributed by atoms with Crippen LogP contribution in [0, 0.1) is 5.92 Å². The summed E-state index contributed by atoms with van der Waals surface area (Å²) in [6, 6.07) is 12.0. The molecule has 1 heterocycles. The molecule has 9 heteroatoms. The molecule has 2 aromatic carbocycles. The lowest BCUT2D eigenvalue weighted by Gasteiger charge is -2.38. The molecule has 1 aliphatic rings. The number of nitrogens with zero attached hydrogens (tertiary/aromatic N) is 2. The lowest BCUT2D eigenvalue weighted by atomic mass is 9.87. The van der Waals surface area contributed by atoms with Crippen LogP contribution in [0.15, 0.2) is 48.5 Å². The third-order valence-corrected chi connectivity index (χ3v) is 7.12. The molecule has 0 spiro atoms. The van der Waals surface area contributed by atoms with Crippen molar-refractivity contribution >= 4 is 23.4 Å². The van der Waals surface area contributed by atoms with Gasteiger partial charge in [-0.25, -0.2) is 0 Å². The van der Waals surface area contributed by atoms with E-state index in [1.807, 2.05) is 12.1 Å². The molecule has 1 saturated heterocycles. The zero-order valence-corrected chi connectivity index (χ0v) is 21.3. The van der Waals surface area contributed by atoms with E-state index in [2.05, 4.69) is 0 Å². The van der Waals surface area contributed by atoms with Crippen LogP contribution in [0.5, 0.6) is 0 Å². The van der Waals surface area contributed by atoms with Gasteiger partial charge in [0.05, 0.1) is 10.6 Å². The lowest BCUT2D eigenvalue weighted by Crippen LogP contribution is -2.57. The van der Waals surface area contributed by atoms with E-state index >= 15 is 0 Å². The molecule has 1 fully saturated rings. The maximum Gasteiger partial charge on any atom is 0.430 e. The molecule has 36 heavy (non-hydrogen) atoms. The van der Waals surface area contributed by atoms with Gasteiger partial charge in [0.25, 0.3) is 17.4 Å². The van der Waals surface area contributed by atoms with Gasteiger partial charge in [0.2, 0.25) is 0 Å². The SMILES string of the molecule is CN(C)C(=O)c1ccc(CCCCC2CCN(C(=O)[C@@](O)(c3ccccc3)C(F)(F)F)CC2)cc1Cl. The fraction of sp³-hybridized carbons (Fsp3) is 0.481. The first-order valence-electron chi connectivity index (χ1n) is 12.1. The normalized spacial score (nSPS) is 16.5. The third-order valence-electron chi connectivity index (χ3n) is 6.81. The van der Waals surface area contributed by atoms with Crippen LogP contribution in [-0.4, -0.2) is 60.1 Å². The van der Waals surface area contributed by atoms with Gasteiger partial charge in [-0.05, 0) is 49.3 Å². The average molecular weight is 525 g/mol. The summed E-state index contributed by atoms with van der Waals surface area (Å²) < 4.78 is 41.4. The van der Waals surface area contributed by atoms with Gasteiger partial charge in [0.1, 0.15) is 0 Å². The highest BCUT2D eigenvalue weighted by Crippen LogP contribution is 2.41. The second-order valence-electron chi connectivity index (χ2n) is 9.57. The summed E-state index contributed by atoms with van der Waals surface area (Å²) in [5, 5.41) is 11.0. The molecule has 1 atom stereocenters. The van der Waals surface area contributed by atoms with Crippen LogP contribution in [0.2, 0.25) is 5.02 Å². The number of benzene rings is 2. The van der Waals surface area contributed by atoms with Gasteiger partial charge >= 0.3 is 6.18 Å². The summed E-state index contributed by atoms with van der Waals surface area (Å²) in [5.74, 6) is -1.14. The maximum atomic E-state index is 13.8. The minimum absolute atomic E-state index is 0.145. The molecule has 0 unspecified atom stereocenters. The fourth-order valence-electron chi connectivity index (χ4n) is 4.63. The van der Waals surface area contributed by atoms with Crippen molar-refractivity contribution in [2.45, 2.75) is 50.3 Å². The van der Waals surface area contributed by atoms with Crippen molar-refractivity contribution in [3.05, 3.63) is 70.2 Å². The number of piperidine rings is 1. The van der Waals surface area contributed by atoms with E-state index in [1.165, 1.54) is 23.1 Å². The van der Waals surface area contributed by atoms with E-state index < -0.39 is 23.2 Å². The van der Waals surface area contributed by atoms with Crippen molar-refractivity contribution in [3.63, 3.8) is 0 Å². The molecule has 0 aliphatic carbocycles. The Balaban J connectivity index is 1.49. The predicted molar refractivity (Wildman–Crippen MR) is 133 cm³/mol. The summed E-state index contributed by atoms with van der Waals surface area (Å²) in [6.45, 7) is 0.372. The van der Waals surface area contributed by atoms with E-state index in [0.717, 1.165) is 48.3 Å². The van der Waals surface area contributed by atoms with E-state index in [-0.39, 0.29) is 19.0 Å². The highest BCUT2D eigenvalue weighted by atomic mass is 35.5. The Morgan fingerprint density at radius 3 is 2.25 bits per heavy atom. The van der Waals surface area contributed by atoms with Gasteiger partial charge in [0.15, 0.2) is 0 Å². The molecular weight excluding hydrogens is 493 g/mol. The standard InChI is InChI=1S/C27H32ClF3N2O3/c1-32(2)24(34)22-13-12-20(18-23(22)28)9-7-6-8-19-14-16-33(17-15-19)25(35)26(36,27(29,30)31)21-10-4-3-5-11-21/h3-5,10-13,18-19,36H,6-9,14-17H2,1-2H3/t26-/m0/s1. The first kappa shape index (κ1) is 28.0. The van der Waals surface area contributed by atoms with Crippen LogP contribution in [0.25, 0.3) is 0 Å². The van der Waals surface area contributed by atoms with E-state index in [9.17, 15) is 27.9 Å². The topological polar surface area (TPSA) is 60.9 Å². The number of carbonyl (C=O) groups is 2. The molecule has 3 rings (SSSR count). The van der Waals surface area contributed by atoms with Gasteiger partial charge in [-0.1, -0.05) is 60.8 Å². The van der Waals surface area contributed by atoms with Gasteiger partial charge in [-0.15, -0.1) is 0 Å². The smallest absolute Gasteiger partial charge is 0.369 e. The second kappa shape index (κ2) is 11.6. The Kier molecular flexibility index (Phi) is 9.06. The van der Waals surface area contributed by atoms with E-state index in [1.54, 1.807) is 20.2 Å². The zero-order chi connectivity index (χ0) is 26.5. The number of halogens is 4. The number of amides is 2. The molecule has 0 aromatic heterocycles. The number of aryl methyl sites for hydroxylation is 1. The predicted octanol–water partition coefficient (Wildman–Crippen LogP) is 5.44. The Morgan fingerprint density at radius 1 is 1.06 bits per heavy atom. The van der Waals surface area contributed by atoms with Gasteiger partial charge in [0, 0.05) is 32.7 Å². The Bertz CT molecular complexity index is 1050. The molecule has 0 bridgehead atoms. The Labute approximate surface area is 214 Å². The monoisotopic (exact) mass is 524 g/mol. The summed E-state index contributed by atoms with van der Waals surface area (Å²) in [5.41, 5.74) is -2.50.